The summed E-state index contributed by atoms with van der Waals surface area (Å²) in [4.78, 5) is 11.8. The normalized spacial score (nSPS) is 11.0. The maximum atomic E-state index is 11.8. The summed E-state index contributed by atoms with van der Waals surface area (Å²) in [6.07, 6.45) is 24.3. The van der Waals surface area contributed by atoms with Crippen LogP contribution in [0.25, 0.3) is 0 Å². The first-order chi connectivity index (χ1) is 14.7. The van der Waals surface area contributed by atoms with Crippen LogP contribution >= 0.6 is 0 Å². The first kappa shape index (κ1) is 26.5. The van der Waals surface area contributed by atoms with Crippen LogP contribution in [0.2, 0.25) is 0 Å². The second-order valence-corrected chi connectivity index (χ2v) is 8.69. The molecule has 0 aliphatic heterocycles. The van der Waals surface area contributed by atoms with E-state index in [0.29, 0.717) is 12.2 Å². The quantitative estimate of drug-likeness (QED) is 0.170. The molecule has 0 heterocycles. The molecular formula is C27H46O3. The van der Waals surface area contributed by atoms with E-state index in [-0.39, 0.29) is 11.7 Å². The first-order valence-corrected chi connectivity index (χ1v) is 12.7. The minimum atomic E-state index is -0.304. The number of esters is 1. The van der Waals surface area contributed by atoms with Crippen LogP contribution in [0.5, 0.6) is 5.75 Å². The third-order valence-corrected chi connectivity index (χ3v) is 5.83. The number of hydrogen-bond acceptors (Lipinski definition) is 3. The molecule has 1 aromatic carbocycles. The van der Waals surface area contributed by atoms with Gasteiger partial charge in [0.25, 0.3) is 0 Å². The van der Waals surface area contributed by atoms with Gasteiger partial charge in [-0.05, 0) is 30.7 Å². The van der Waals surface area contributed by atoms with E-state index >= 15 is 0 Å². The fraction of sp³-hybridized carbons (Fsp3) is 0.741. The van der Waals surface area contributed by atoms with Gasteiger partial charge in [-0.2, -0.15) is 0 Å². The number of carbonyl (C=O) groups excluding carboxylic acids is 1. The van der Waals surface area contributed by atoms with Gasteiger partial charge in [-0.3, -0.25) is 0 Å². The molecule has 0 aliphatic rings. The Balaban J connectivity index is 1.75. The lowest BCUT2D eigenvalue weighted by atomic mass is 10.0. The van der Waals surface area contributed by atoms with Crippen LogP contribution in [0.4, 0.5) is 0 Å². The highest BCUT2D eigenvalue weighted by Crippen LogP contribution is 2.15. The molecule has 30 heavy (non-hydrogen) atoms. The van der Waals surface area contributed by atoms with Gasteiger partial charge in [-0.25, -0.2) is 4.79 Å². The van der Waals surface area contributed by atoms with Gasteiger partial charge in [0.1, 0.15) is 5.75 Å². The number of hydrogen-bond donors (Lipinski definition) is 1. The Morgan fingerprint density at radius 1 is 0.633 bits per heavy atom. The van der Waals surface area contributed by atoms with Crippen molar-refractivity contribution in [3.63, 3.8) is 0 Å². The van der Waals surface area contributed by atoms with Crippen molar-refractivity contribution in [1.82, 2.24) is 0 Å². The summed E-state index contributed by atoms with van der Waals surface area (Å²) in [6, 6.07) is 6.20. The maximum absolute atomic E-state index is 11.8. The van der Waals surface area contributed by atoms with Crippen molar-refractivity contribution >= 4 is 5.97 Å². The molecular weight excluding hydrogens is 372 g/mol. The van der Waals surface area contributed by atoms with Gasteiger partial charge in [-0.15, -0.1) is 0 Å². The van der Waals surface area contributed by atoms with Crippen molar-refractivity contribution in [2.24, 2.45) is 0 Å². The van der Waals surface area contributed by atoms with Crippen molar-refractivity contribution in [3.05, 3.63) is 29.8 Å². The van der Waals surface area contributed by atoms with E-state index in [2.05, 4.69) is 6.92 Å². The van der Waals surface area contributed by atoms with Crippen LogP contribution in [0.3, 0.4) is 0 Å². The summed E-state index contributed by atoms with van der Waals surface area (Å²) in [5.74, 6) is -0.142. The third-order valence-electron chi connectivity index (χ3n) is 5.83. The van der Waals surface area contributed by atoms with Gasteiger partial charge >= 0.3 is 5.97 Å². The van der Waals surface area contributed by atoms with Crippen LogP contribution in [0.15, 0.2) is 24.3 Å². The minimum Gasteiger partial charge on any atom is -0.508 e. The van der Waals surface area contributed by atoms with Crippen molar-refractivity contribution in [3.8, 4) is 5.75 Å². The molecule has 0 bridgehead atoms. The summed E-state index contributed by atoms with van der Waals surface area (Å²) in [6.45, 7) is 2.77. The largest absolute Gasteiger partial charge is 0.508 e. The Hall–Kier alpha value is -1.51. The lowest BCUT2D eigenvalue weighted by Gasteiger charge is -2.05. The van der Waals surface area contributed by atoms with Crippen LogP contribution in [0, 0.1) is 0 Å². The zero-order valence-corrected chi connectivity index (χ0v) is 19.5. The molecule has 3 heteroatoms. The Morgan fingerprint density at radius 3 is 1.40 bits per heavy atom. The average molecular weight is 419 g/mol. The monoisotopic (exact) mass is 418 g/mol. The number of phenolic OH excluding ortho intramolecular Hbond substituents is 1. The fourth-order valence-corrected chi connectivity index (χ4v) is 3.85. The topological polar surface area (TPSA) is 46.5 Å². The predicted octanol–water partition coefficient (Wildman–Crippen LogP) is 8.59. The molecule has 0 saturated carbocycles. The number of carbonyl (C=O) groups is 1. The van der Waals surface area contributed by atoms with Crippen molar-refractivity contribution < 1.29 is 14.6 Å². The number of unbranched alkanes of at least 4 members (excludes halogenated alkanes) is 17. The first-order valence-electron chi connectivity index (χ1n) is 12.7. The number of rotatable bonds is 20. The summed E-state index contributed by atoms with van der Waals surface area (Å²) >= 11 is 0. The Bertz CT molecular complexity index is 509. The van der Waals surface area contributed by atoms with E-state index in [1.54, 1.807) is 12.1 Å². The highest BCUT2D eigenvalue weighted by Gasteiger charge is 2.06. The SMILES string of the molecule is CCCCCCCCCCCCCCCCCCCCOC(=O)c1ccc(O)cc1. The molecule has 0 atom stereocenters. The lowest BCUT2D eigenvalue weighted by molar-refractivity contribution is 0.0497. The fourth-order valence-electron chi connectivity index (χ4n) is 3.85. The molecule has 0 amide bonds. The number of phenols is 1. The van der Waals surface area contributed by atoms with Crippen LogP contribution in [-0.2, 0) is 4.74 Å². The third kappa shape index (κ3) is 15.3. The molecule has 0 aliphatic carbocycles. The second-order valence-electron chi connectivity index (χ2n) is 8.69. The molecule has 0 spiro atoms. The summed E-state index contributed by atoms with van der Waals surface area (Å²) < 4.78 is 5.28. The zero-order valence-electron chi connectivity index (χ0n) is 19.5. The van der Waals surface area contributed by atoms with Crippen LogP contribution in [-0.4, -0.2) is 17.7 Å². The van der Waals surface area contributed by atoms with Gasteiger partial charge in [0.15, 0.2) is 0 Å². The van der Waals surface area contributed by atoms with E-state index in [1.807, 2.05) is 0 Å². The molecule has 0 unspecified atom stereocenters. The van der Waals surface area contributed by atoms with Crippen LogP contribution in [0.1, 0.15) is 133 Å². The molecule has 0 saturated heterocycles. The smallest absolute Gasteiger partial charge is 0.338 e. The average Bonchev–Trinajstić information content (AvgIpc) is 2.75. The van der Waals surface area contributed by atoms with Gasteiger partial charge < -0.3 is 9.84 Å². The van der Waals surface area contributed by atoms with Gasteiger partial charge in [0.05, 0.1) is 12.2 Å². The Kier molecular flexibility index (Phi) is 17.2. The molecule has 172 valence electrons. The predicted molar refractivity (Wildman–Crippen MR) is 127 cm³/mol. The van der Waals surface area contributed by atoms with Crippen LogP contribution < -0.4 is 0 Å². The number of ether oxygens (including phenoxy) is 1. The van der Waals surface area contributed by atoms with Gasteiger partial charge in [0.2, 0.25) is 0 Å². The van der Waals surface area contributed by atoms with Gasteiger partial charge in [-0.1, -0.05) is 116 Å². The Labute approximate surface area is 185 Å². The standard InChI is InChI=1S/C27H46O3/c1-2-3-4-5-6-7-8-9-10-11-12-13-14-15-16-17-18-19-24-30-27(29)25-20-22-26(28)23-21-25/h20-23,28H,2-19,24H2,1H3. The highest BCUT2D eigenvalue weighted by molar-refractivity contribution is 5.89. The number of benzene rings is 1. The van der Waals surface area contributed by atoms with Gasteiger partial charge in [0, 0.05) is 0 Å². The zero-order chi connectivity index (χ0) is 21.7. The summed E-state index contributed by atoms with van der Waals surface area (Å²) in [5, 5.41) is 9.23. The molecule has 0 radical (unpaired) electrons. The lowest BCUT2D eigenvalue weighted by Crippen LogP contribution is -2.06. The van der Waals surface area contributed by atoms with E-state index < -0.39 is 0 Å². The number of aromatic hydroxyl groups is 1. The molecule has 1 rings (SSSR count). The van der Waals surface area contributed by atoms with E-state index in [4.69, 9.17) is 4.74 Å². The van der Waals surface area contributed by atoms with E-state index in [1.165, 1.54) is 115 Å². The van der Waals surface area contributed by atoms with E-state index in [0.717, 1.165) is 12.8 Å². The van der Waals surface area contributed by atoms with Crippen molar-refractivity contribution in [2.75, 3.05) is 6.61 Å². The maximum Gasteiger partial charge on any atom is 0.338 e. The molecule has 3 nitrogen and oxygen atoms in total. The second kappa shape index (κ2) is 19.5. The molecule has 0 fully saturated rings. The highest BCUT2D eigenvalue weighted by atomic mass is 16.5. The Morgan fingerprint density at radius 2 is 1.00 bits per heavy atom. The summed E-state index contributed by atoms with van der Waals surface area (Å²) in [7, 11) is 0. The summed E-state index contributed by atoms with van der Waals surface area (Å²) in [5.41, 5.74) is 0.496. The van der Waals surface area contributed by atoms with E-state index in [9.17, 15) is 9.90 Å². The molecule has 1 N–H and O–H groups in total. The molecule has 0 aromatic heterocycles. The molecule has 1 aromatic rings. The van der Waals surface area contributed by atoms with Crippen molar-refractivity contribution in [2.45, 2.75) is 122 Å². The minimum absolute atomic E-state index is 0.162. The van der Waals surface area contributed by atoms with Crippen molar-refractivity contribution in [1.29, 1.82) is 0 Å².